The third kappa shape index (κ3) is 5.16. The molecular formula is C17H23N3O2. The normalized spacial score (nSPS) is 11.7. The van der Waals surface area contributed by atoms with E-state index in [4.69, 9.17) is 5.73 Å². The first-order valence-corrected chi connectivity index (χ1v) is 7.25. The van der Waals surface area contributed by atoms with E-state index in [1.165, 1.54) is 4.90 Å². The SMILES string of the molecule is CC/C=C\C(CN(Cc1ccccc1C)C(=O)C(N)=O)=NC. The van der Waals surface area contributed by atoms with E-state index < -0.39 is 11.8 Å². The van der Waals surface area contributed by atoms with Crippen molar-refractivity contribution < 1.29 is 9.59 Å². The van der Waals surface area contributed by atoms with Crippen LogP contribution in [0.3, 0.4) is 0 Å². The number of hydrogen-bond acceptors (Lipinski definition) is 3. The molecule has 0 saturated heterocycles. The Balaban J connectivity index is 2.99. The number of allylic oxidation sites excluding steroid dienone is 1. The average molecular weight is 301 g/mol. The molecule has 0 spiro atoms. The van der Waals surface area contributed by atoms with Crippen molar-refractivity contribution in [1.29, 1.82) is 0 Å². The highest BCUT2D eigenvalue weighted by molar-refractivity contribution is 6.34. The number of carbonyl (C=O) groups is 2. The lowest BCUT2D eigenvalue weighted by Crippen LogP contribution is -2.42. The van der Waals surface area contributed by atoms with Crippen molar-refractivity contribution in [2.45, 2.75) is 26.8 Å². The van der Waals surface area contributed by atoms with Gasteiger partial charge < -0.3 is 10.6 Å². The van der Waals surface area contributed by atoms with E-state index in [2.05, 4.69) is 4.99 Å². The Bertz CT molecular complexity index is 591. The second-order valence-electron chi connectivity index (χ2n) is 4.98. The molecule has 118 valence electrons. The van der Waals surface area contributed by atoms with Gasteiger partial charge in [0.2, 0.25) is 0 Å². The van der Waals surface area contributed by atoms with Crippen molar-refractivity contribution in [2.75, 3.05) is 13.6 Å². The van der Waals surface area contributed by atoms with E-state index >= 15 is 0 Å². The number of amides is 2. The van der Waals surface area contributed by atoms with Gasteiger partial charge in [-0.1, -0.05) is 37.3 Å². The van der Waals surface area contributed by atoms with Crippen molar-refractivity contribution in [3.05, 3.63) is 47.5 Å². The molecule has 0 aromatic heterocycles. The van der Waals surface area contributed by atoms with Crippen LogP contribution in [0, 0.1) is 6.92 Å². The highest BCUT2D eigenvalue weighted by Gasteiger charge is 2.20. The topological polar surface area (TPSA) is 75.8 Å². The number of aryl methyl sites for hydroxylation is 1. The molecule has 1 aromatic carbocycles. The predicted molar refractivity (Wildman–Crippen MR) is 88.6 cm³/mol. The summed E-state index contributed by atoms with van der Waals surface area (Å²) in [4.78, 5) is 28.9. The zero-order valence-corrected chi connectivity index (χ0v) is 13.4. The van der Waals surface area contributed by atoms with Gasteiger partial charge in [0.05, 0.1) is 12.3 Å². The van der Waals surface area contributed by atoms with Gasteiger partial charge in [-0.25, -0.2) is 0 Å². The molecule has 5 nitrogen and oxygen atoms in total. The molecular weight excluding hydrogens is 278 g/mol. The van der Waals surface area contributed by atoms with E-state index in [0.29, 0.717) is 6.54 Å². The molecule has 2 amide bonds. The Morgan fingerprint density at radius 3 is 2.55 bits per heavy atom. The average Bonchev–Trinajstić information content (AvgIpc) is 2.51. The smallest absolute Gasteiger partial charge is 0.312 e. The van der Waals surface area contributed by atoms with Crippen LogP contribution in [0.5, 0.6) is 0 Å². The largest absolute Gasteiger partial charge is 0.361 e. The summed E-state index contributed by atoms with van der Waals surface area (Å²) in [7, 11) is 1.66. The second kappa shape index (κ2) is 8.77. The lowest BCUT2D eigenvalue weighted by molar-refractivity contribution is -0.144. The Hall–Kier alpha value is -2.43. The lowest BCUT2D eigenvalue weighted by atomic mass is 10.1. The quantitative estimate of drug-likeness (QED) is 0.643. The number of aliphatic imine (C=N–C) groups is 1. The van der Waals surface area contributed by atoms with Gasteiger partial charge in [0, 0.05) is 13.6 Å². The number of nitrogens with zero attached hydrogens (tertiary/aromatic N) is 2. The second-order valence-corrected chi connectivity index (χ2v) is 4.98. The summed E-state index contributed by atoms with van der Waals surface area (Å²) in [5.41, 5.74) is 7.92. The Morgan fingerprint density at radius 2 is 2.00 bits per heavy atom. The van der Waals surface area contributed by atoms with E-state index in [0.717, 1.165) is 23.3 Å². The van der Waals surface area contributed by atoms with Crippen molar-refractivity contribution in [3.63, 3.8) is 0 Å². The molecule has 1 rings (SSSR count). The summed E-state index contributed by atoms with van der Waals surface area (Å²) in [5, 5.41) is 0. The van der Waals surface area contributed by atoms with E-state index in [-0.39, 0.29) is 6.54 Å². The monoisotopic (exact) mass is 301 g/mol. The molecule has 0 bridgehead atoms. The molecule has 0 fully saturated rings. The molecule has 1 aromatic rings. The molecule has 0 atom stereocenters. The molecule has 0 aliphatic heterocycles. The first kappa shape index (κ1) is 17.6. The van der Waals surface area contributed by atoms with Crippen molar-refractivity contribution in [1.82, 2.24) is 4.90 Å². The molecule has 0 saturated carbocycles. The van der Waals surface area contributed by atoms with E-state index in [9.17, 15) is 9.59 Å². The summed E-state index contributed by atoms with van der Waals surface area (Å²) in [6, 6.07) is 7.73. The van der Waals surface area contributed by atoms with Crippen LogP contribution in [0.25, 0.3) is 0 Å². The van der Waals surface area contributed by atoms with Gasteiger partial charge in [0.25, 0.3) is 0 Å². The van der Waals surface area contributed by atoms with Gasteiger partial charge in [-0.15, -0.1) is 0 Å². The zero-order chi connectivity index (χ0) is 16.5. The van der Waals surface area contributed by atoms with Gasteiger partial charge in [-0.2, -0.15) is 0 Å². The number of nitrogens with two attached hydrogens (primary N) is 1. The molecule has 0 unspecified atom stereocenters. The van der Waals surface area contributed by atoms with Gasteiger partial charge >= 0.3 is 11.8 Å². The van der Waals surface area contributed by atoms with Gasteiger partial charge in [-0.3, -0.25) is 14.6 Å². The lowest BCUT2D eigenvalue weighted by Gasteiger charge is -2.22. The van der Waals surface area contributed by atoms with Gasteiger partial charge in [-0.05, 0) is 30.5 Å². The molecule has 0 aliphatic rings. The number of carbonyl (C=O) groups excluding carboxylic acids is 2. The molecule has 0 heterocycles. The maximum Gasteiger partial charge on any atom is 0.312 e. The summed E-state index contributed by atoms with van der Waals surface area (Å²) >= 11 is 0. The summed E-state index contributed by atoms with van der Waals surface area (Å²) < 4.78 is 0. The molecule has 5 heteroatoms. The maximum absolute atomic E-state index is 12.1. The minimum Gasteiger partial charge on any atom is -0.361 e. The maximum atomic E-state index is 12.1. The standard InChI is InChI=1S/C17H23N3O2/c1-4-5-10-15(19-3)12-20(17(22)16(18)21)11-14-9-7-6-8-13(14)2/h5-10H,4,11-12H2,1-3H3,(H2,18,21)/b10-5-,19-15?. The van der Waals surface area contributed by atoms with Crippen LogP contribution < -0.4 is 5.73 Å². The molecule has 22 heavy (non-hydrogen) atoms. The Morgan fingerprint density at radius 1 is 1.32 bits per heavy atom. The van der Waals surface area contributed by atoms with E-state index in [1.54, 1.807) is 7.05 Å². The Kier molecular flexibility index (Phi) is 7.02. The third-order valence-corrected chi connectivity index (χ3v) is 3.31. The van der Waals surface area contributed by atoms with Crippen LogP contribution in [-0.4, -0.2) is 36.0 Å². The predicted octanol–water partition coefficient (Wildman–Crippen LogP) is 1.85. The highest BCUT2D eigenvalue weighted by Crippen LogP contribution is 2.11. The van der Waals surface area contributed by atoms with Crippen LogP contribution in [-0.2, 0) is 16.1 Å². The first-order valence-electron chi connectivity index (χ1n) is 7.25. The molecule has 0 aliphatic carbocycles. The number of hydrogen-bond donors (Lipinski definition) is 1. The fourth-order valence-corrected chi connectivity index (χ4v) is 2.00. The van der Waals surface area contributed by atoms with Crippen molar-refractivity contribution in [3.8, 4) is 0 Å². The van der Waals surface area contributed by atoms with Gasteiger partial charge in [0.1, 0.15) is 0 Å². The first-order chi connectivity index (χ1) is 10.5. The van der Waals surface area contributed by atoms with Crippen LogP contribution >= 0.6 is 0 Å². The fourth-order valence-electron chi connectivity index (χ4n) is 2.00. The zero-order valence-electron chi connectivity index (χ0n) is 13.4. The van der Waals surface area contributed by atoms with Crippen LogP contribution in [0.1, 0.15) is 24.5 Å². The minimum absolute atomic E-state index is 0.253. The van der Waals surface area contributed by atoms with Crippen LogP contribution in [0.15, 0.2) is 41.4 Å². The summed E-state index contributed by atoms with van der Waals surface area (Å²) in [6.07, 6.45) is 4.70. The highest BCUT2D eigenvalue weighted by atomic mass is 16.2. The third-order valence-electron chi connectivity index (χ3n) is 3.31. The number of benzene rings is 1. The van der Waals surface area contributed by atoms with Crippen molar-refractivity contribution in [2.24, 2.45) is 10.7 Å². The summed E-state index contributed by atoms with van der Waals surface area (Å²) in [6.45, 7) is 4.56. The van der Waals surface area contributed by atoms with Crippen LogP contribution in [0.4, 0.5) is 0 Å². The number of rotatable bonds is 6. The molecule has 2 N–H and O–H groups in total. The van der Waals surface area contributed by atoms with Crippen molar-refractivity contribution >= 4 is 17.5 Å². The summed E-state index contributed by atoms with van der Waals surface area (Å²) in [5.74, 6) is -1.65. The molecule has 0 radical (unpaired) electrons. The fraction of sp³-hybridized carbons (Fsp3) is 0.353. The van der Waals surface area contributed by atoms with E-state index in [1.807, 2.05) is 50.3 Å². The number of primary amides is 1. The van der Waals surface area contributed by atoms with Gasteiger partial charge in [0.15, 0.2) is 0 Å². The minimum atomic E-state index is -0.955. The Labute approximate surface area is 131 Å². The van der Waals surface area contributed by atoms with Crippen LogP contribution in [0.2, 0.25) is 0 Å².